The van der Waals surface area contributed by atoms with E-state index >= 15 is 0 Å². The third kappa shape index (κ3) is 5.48. The van der Waals surface area contributed by atoms with Gasteiger partial charge in [-0.05, 0) is 29.8 Å². The Labute approximate surface area is 138 Å². The van der Waals surface area contributed by atoms with E-state index in [1.54, 1.807) is 43.5 Å². The first kappa shape index (κ1) is 17.6. The smallest absolute Gasteiger partial charge is 0.387 e. The molecule has 2 aromatic rings. The summed E-state index contributed by atoms with van der Waals surface area (Å²) in [4.78, 5) is 12.0. The minimum atomic E-state index is -2.92. The molecule has 0 aliphatic rings. The third-order valence-electron chi connectivity index (χ3n) is 3.05. The second-order valence-corrected chi connectivity index (χ2v) is 4.87. The summed E-state index contributed by atoms with van der Waals surface area (Å²) in [5.41, 5.74) is 1.94. The van der Waals surface area contributed by atoms with E-state index < -0.39 is 6.61 Å². The number of amides is 1. The van der Waals surface area contributed by atoms with Crippen molar-refractivity contribution < 1.29 is 23.0 Å². The van der Waals surface area contributed by atoms with E-state index in [0.29, 0.717) is 17.9 Å². The van der Waals surface area contributed by atoms with Crippen LogP contribution in [0.15, 0.2) is 54.6 Å². The van der Waals surface area contributed by atoms with Crippen LogP contribution in [0.1, 0.15) is 11.1 Å². The molecule has 0 saturated heterocycles. The average Bonchev–Trinajstić information content (AvgIpc) is 2.54. The average molecular weight is 333 g/mol. The van der Waals surface area contributed by atoms with Crippen LogP contribution in [0.4, 0.5) is 14.5 Å². The fourth-order valence-electron chi connectivity index (χ4n) is 2.08. The number of ether oxygens (including phenoxy) is 2. The number of hydrogen-bond donors (Lipinski definition) is 1. The molecule has 0 fully saturated rings. The van der Waals surface area contributed by atoms with Crippen LogP contribution in [-0.2, 0) is 16.1 Å². The molecule has 1 N–H and O–H groups in total. The van der Waals surface area contributed by atoms with E-state index in [1.807, 2.05) is 6.07 Å². The molecule has 2 aromatic carbocycles. The molecule has 0 radical (unpaired) electrons. The zero-order valence-electron chi connectivity index (χ0n) is 13.0. The SMILES string of the molecule is COCc1cccc(NC(=O)/C=C/c2ccccc2OC(F)F)c1. The molecule has 0 saturated carbocycles. The molecule has 4 nitrogen and oxygen atoms in total. The number of halogens is 2. The van der Waals surface area contributed by atoms with Gasteiger partial charge in [-0.1, -0.05) is 30.3 Å². The van der Waals surface area contributed by atoms with Crippen molar-refractivity contribution in [3.8, 4) is 5.75 Å². The van der Waals surface area contributed by atoms with Gasteiger partial charge in [0.1, 0.15) is 5.75 Å². The maximum atomic E-state index is 12.4. The van der Waals surface area contributed by atoms with Crippen molar-refractivity contribution in [1.29, 1.82) is 0 Å². The number of alkyl halides is 2. The Balaban J connectivity index is 2.04. The zero-order valence-corrected chi connectivity index (χ0v) is 13.0. The lowest BCUT2D eigenvalue weighted by Gasteiger charge is -2.07. The Bertz CT molecular complexity index is 717. The van der Waals surface area contributed by atoms with Crippen LogP contribution in [0.3, 0.4) is 0 Å². The lowest BCUT2D eigenvalue weighted by atomic mass is 10.2. The fourth-order valence-corrected chi connectivity index (χ4v) is 2.08. The van der Waals surface area contributed by atoms with Crippen LogP contribution in [-0.4, -0.2) is 19.6 Å². The van der Waals surface area contributed by atoms with Gasteiger partial charge in [-0.25, -0.2) is 0 Å². The highest BCUT2D eigenvalue weighted by molar-refractivity contribution is 6.02. The van der Waals surface area contributed by atoms with E-state index in [4.69, 9.17) is 4.74 Å². The van der Waals surface area contributed by atoms with Crippen LogP contribution in [0, 0.1) is 0 Å². The predicted molar refractivity (Wildman–Crippen MR) is 87.9 cm³/mol. The number of para-hydroxylation sites is 1. The number of benzene rings is 2. The Kier molecular flexibility index (Phi) is 6.45. The van der Waals surface area contributed by atoms with Gasteiger partial charge in [0.15, 0.2) is 0 Å². The fraction of sp³-hybridized carbons (Fsp3) is 0.167. The van der Waals surface area contributed by atoms with Gasteiger partial charge in [0.25, 0.3) is 0 Å². The molecule has 0 aliphatic heterocycles. The van der Waals surface area contributed by atoms with Gasteiger partial charge < -0.3 is 14.8 Å². The molecule has 126 valence electrons. The molecule has 0 unspecified atom stereocenters. The monoisotopic (exact) mass is 333 g/mol. The maximum Gasteiger partial charge on any atom is 0.387 e. The van der Waals surface area contributed by atoms with Crippen LogP contribution < -0.4 is 10.1 Å². The Morgan fingerprint density at radius 2 is 2.00 bits per heavy atom. The Hall–Kier alpha value is -2.73. The first-order chi connectivity index (χ1) is 11.6. The minimum Gasteiger partial charge on any atom is -0.434 e. The summed E-state index contributed by atoms with van der Waals surface area (Å²) in [7, 11) is 1.59. The van der Waals surface area contributed by atoms with Crippen LogP contribution in [0.25, 0.3) is 6.08 Å². The number of anilines is 1. The van der Waals surface area contributed by atoms with Gasteiger partial charge in [-0.15, -0.1) is 0 Å². The molecule has 0 bridgehead atoms. The maximum absolute atomic E-state index is 12.4. The van der Waals surface area contributed by atoms with Crippen molar-refractivity contribution in [3.05, 3.63) is 65.7 Å². The molecule has 1 amide bonds. The number of methoxy groups -OCH3 is 1. The number of rotatable bonds is 7. The molecular formula is C18H17F2NO3. The molecule has 0 aliphatic carbocycles. The summed E-state index contributed by atoms with van der Waals surface area (Å²) in [6, 6.07) is 13.5. The third-order valence-corrected chi connectivity index (χ3v) is 3.05. The highest BCUT2D eigenvalue weighted by Gasteiger charge is 2.07. The van der Waals surface area contributed by atoms with Crippen molar-refractivity contribution in [3.63, 3.8) is 0 Å². The van der Waals surface area contributed by atoms with Crippen molar-refractivity contribution in [2.75, 3.05) is 12.4 Å². The van der Waals surface area contributed by atoms with Gasteiger partial charge >= 0.3 is 6.61 Å². The summed E-state index contributed by atoms with van der Waals surface area (Å²) in [6.07, 6.45) is 2.68. The standard InChI is InChI=1S/C18H17F2NO3/c1-23-12-13-5-4-7-15(11-13)21-17(22)10-9-14-6-2-3-8-16(14)24-18(19)20/h2-11,18H,12H2,1H3,(H,21,22)/b10-9+. The van der Waals surface area contributed by atoms with Crippen LogP contribution in [0.5, 0.6) is 5.75 Å². The van der Waals surface area contributed by atoms with Gasteiger partial charge in [0, 0.05) is 24.4 Å². The second-order valence-electron chi connectivity index (χ2n) is 4.87. The first-order valence-electron chi connectivity index (χ1n) is 7.19. The highest BCUT2D eigenvalue weighted by Crippen LogP contribution is 2.21. The Morgan fingerprint density at radius 3 is 2.75 bits per heavy atom. The van der Waals surface area contributed by atoms with Crippen LogP contribution in [0.2, 0.25) is 0 Å². The quantitative estimate of drug-likeness (QED) is 0.777. The van der Waals surface area contributed by atoms with E-state index in [2.05, 4.69) is 10.1 Å². The largest absolute Gasteiger partial charge is 0.434 e. The molecule has 0 spiro atoms. The van der Waals surface area contributed by atoms with Gasteiger partial charge in [-0.2, -0.15) is 8.78 Å². The van der Waals surface area contributed by atoms with Crippen molar-refractivity contribution in [2.24, 2.45) is 0 Å². The lowest BCUT2D eigenvalue weighted by Crippen LogP contribution is -2.08. The summed E-state index contributed by atoms with van der Waals surface area (Å²) in [5, 5.41) is 2.70. The van der Waals surface area contributed by atoms with Crippen molar-refractivity contribution >= 4 is 17.7 Å². The van der Waals surface area contributed by atoms with E-state index in [0.717, 1.165) is 5.56 Å². The number of carbonyl (C=O) groups excluding carboxylic acids is 1. The molecule has 0 aromatic heterocycles. The van der Waals surface area contributed by atoms with Crippen molar-refractivity contribution in [2.45, 2.75) is 13.2 Å². The molecule has 0 heterocycles. The molecule has 6 heteroatoms. The normalized spacial score (nSPS) is 11.0. The highest BCUT2D eigenvalue weighted by atomic mass is 19.3. The molecule has 0 atom stereocenters. The topological polar surface area (TPSA) is 47.6 Å². The Morgan fingerprint density at radius 1 is 1.21 bits per heavy atom. The molecule has 24 heavy (non-hydrogen) atoms. The molecular weight excluding hydrogens is 316 g/mol. The van der Waals surface area contributed by atoms with Crippen LogP contribution >= 0.6 is 0 Å². The summed E-state index contributed by atoms with van der Waals surface area (Å²) < 4.78 is 34.1. The summed E-state index contributed by atoms with van der Waals surface area (Å²) in [5.74, 6) is -0.366. The zero-order chi connectivity index (χ0) is 17.4. The van der Waals surface area contributed by atoms with E-state index in [9.17, 15) is 13.6 Å². The molecule has 2 rings (SSSR count). The number of hydrogen-bond acceptors (Lipinski definition) is 3. The summed E-state index contributed by atoms with van der Waals surface area (Å²) in [6.45, 7) is -2.48. The van der Waals surface area contributed by atoms with Gasteiger partial charge in [-0.3, -0.25) is 4.79 Å². The second kappa shape index (κ2) is 8.79. The van der Waals surface area contributed by atoms with E-state index in [-0.39, 0.29) is 11.7 Å². The predicted octanol–water partition coefficient (Wildman–Crippen LogP) is 4.09. The van der Waals surface area contributed by atoms with Crippen molar-refractivity contribution in [1.82, 2.24) is 0 Å². The minimum absolute atomic E-state index is 0.0126. The van der Waals surface area contributed by atoms with Gasteiger partial charge in [0.05, 0.1) is 6.61 Å². The van der Waals surface area contributed by atoms with E-state index in [1.165, 1.54) is 18.2 Å². The number of nitrogens with one attached hydrogen (secondary N) is 1. The lowest BCUT2D eigenvalue weighted by molar-refractivity contribution is -0.111. The summed E-state index contributed by atoms with van der Waals surface area (Å²) >= 11 is 0. The van der Waals surface area contributed by atoms with Gasteiger partial charge in [0.2, 0.25) is 5.91 Å². The number of carbonyl (C=O) groups is 1. The first-order valence-corrected chi connectivity index (χ1v) is 7.19.